The topological polar surface area (TPSA) is 57.9 Å². The summed E-state index contributed by atoms with van der Waals surface area (Å²) < 4.78 is 1.10. The smallest absolute Gasteiger partial charge is 0.279 e. The lowest BCUT2D eigenvalue weighted by Crippen LogP contribution is -2.30. The first-order valence-electron chi connectivity index (χ1n) is 8.19. The van der Waals surface area contributed by atoms with Crippen molar-refractivity contribution in [2.45, 2.75) is 6.92 Å². The summed E-state index contributed by atoms with van der Waals surface area (Å²) >= 11 is 1.56. The minimum Gasteiger partial charge on any atom is -0.302 e. The number of thiazole rings is 1. The number of fused-ring (bicyclic) bond motifs is 2. The predicted octanol–water partition coefficient (Wildman–Crippen LogP) is 4.04. The Morgan fingerprint density at radius 1 is 1.23 bits per heavy atom. The third-order valence-electron chi connectivity index (χ3n) is 4.11. The van der Waals surface area contributed by atoms with Crippen LogP contribution >= 0.6 is 11.3 Å². The summed E-state index contributed by atoms with van der Waals surface area (Å²) in [6.07, 6.45) is 1.70. The lowest BCUT2D eigenvalue weighted by Gasteiger charge is -2.13. The zero-order valence-electron chi connectivity index (χ0n) is 14.2. The van der Waals surface area contributed by atoms with Crippen LogP contribution in [0.25, 0.3) is 10.2 Å². The Balaban J connectivity index is 1.72. The second-order valence-corrected chi connectivity index (χ2v) is 6.87. The fourth-order valence-corrected chi connectivity index (χ4v) is 3.77. The summed E-state index contributed by atoms with van der Waals surface area (Å²) in [7, 11) is 0. The molecule has 0 radical (unpaired) electrons. The molecule has 3 aromatic rings. The van der Waals surface area contributed by atoms with Crippen molar-refractivity contribution >= 4 is 44.6 Å². The third kappa shape index (κ3) is 2.74. The van der Waals surface area contributed by atoms with Gasteiger partial charge in [-0.3, -0.25) is 4.79 Å². The first kappa shape index (κ1) is 16.4. The van der Waals surface area contributed by atoms with Gasteiger partial charge >= 0.3 is 0 Å². The van der Waals surface area contributed by atoms with Gasteiger partial charge in [0, 0.05) is 12.1 Å². The first-order valence-corrected chi connectivity index (χ1v) is 9.01. The van der Waals surface area contributed by atoms with Gasteiger partial charge in [-0.2, -0.15) is 5.10 Å². The van der Waals surface area contributed by atoms with Gasteiger partial charge in [-0.25, -0.2) is 4.98 Å². The lowest BCUT2D eigenvalue weighted by molar-refractivity contribution is -0.112. The van der Waals surface area contributed by atoms with Crippen LogP contribution in [-0.2, 0) is 4.79 Å². The normalized spacial score (nSPS) is 15.7. The summed E-state index contributed by atoms with van der Waals surface area (Å²) in [5, 5.41) is 9.37. The van der Waals surface area contributed by atoms with E-state index in [0.717, 1.165) is 26.5 Å². The molecular weight excluding hydrogens is 344 g/mol. The van der Waals surface area contributed by atoms with Crippen molar-refractivity contribution in [2.24, 2.45) is 10.2 Å². The molecule has 1 aromatic heterocycles. The minimum absolute atomic E-state index is 0.160. The highest BCUT2D eigenvalue weighted by molar-refractivity contribution is 7.20. The highest BCUT2D eigenvalue weighted by Crippen LogP contribution is 2.29. The van der Waals surface area contributed by atoms with Gasteiger partial charge in [-0.1, -0.05) is 36.4 Å². The number of aromatic nitrogens is 1. The van der Waals surface area contributed by atoms with Crippen molar-refractivity contribution in [2.75, 3.05) is 11.4 Å². The number of nitrogens with zero attached hydrogens (tertiary/aromatic N) is 4. The van der Waals surface area contributed by atoms with Crippen molar-refractivity contribution in [1.82, 2.24) is 4.98 Å². The van der Waals surface area contributed by atoms with E-state index in [1.54, 1.807) is 22.3 Å². The molecular formula is C20H16N4OS. The number of carbonyl (C=O) groups excluding carboxylic acids is 1. The summed E-state index contributed by atoms with van der Waals surface area (Å²) in [5.74, 6) is -0.160. The average molecular weight is 360 g/mol. The number of hydrogen-bond acceptors (Lipinski definition) is 5. The Labute approximate surface area is 155 Å². The molecule has 128 valence electrons. The molecule has 1 aliphatic heterocycles. The van der Waals surface area contributed by atoms with Crippen molar-refractivity contribution in [3.63, 3.8) is 0 Å². The molecule has 0 saturated carbocycles. The quantitative estimate of drug-likeness (QED) is 0.400. The van der Waals surface area contributed by atoms with Gasteiger partial charge in [0.2, 0.25) is 0 Å². The molecule has 1 amide bonds. The summed E-state index contributed by atoms with van der Waals surface area (Å²) in [6, 6.07) is 15.5. The highest BCUT2D eigenvalue weighted by atomic mass is 32.1. The molecule has 0 unspecified atom stereocenters. The molecule has 0 saturated heterocycles. The second-order valence-electron chi connectivity index (χ2n) is 5.84. The van der Waals surface area contributed by atoms with E-state index in [2.05, 4.69) is 21.8 Å². The van der Waals surface area contributed by atoms with E-state index in [4.69, 9.17) is 0 Å². The van der Waals surface area contributed by atoms with Gasteiger partial charge in [-0.05, 0) is 25.1 Å². The van der Waals surface area contributed by atoms with Crippen molar-refractivity contribution in [1.29, 1.82) is 0 Å². The zero-order valence-corrected chi connectivity index (χ0v) is 15.0. The maximum absolute atomic E-state index is 12.7. The maximum Gasteiger partial charge on any atom is 0.279 e. The summed E-state index contributed by atoms with van der Waals surface area (Å²) in [4.78, 5) is 18.9. The number of hydrogen-bond donors (Lipinski definition) is 0. The first-order chi connectivity index (χ1) is 12.7. The SMILES string of the molecule is C=CCN1C(=O)/C(=N\N=C(\C)c2nc3ccccc3s2)c2ccccc21. The van der Waals surface area contributed by atoms with Gasteiger partial charge in [0.05, 0.1) is 21.6 Å². The summed E-state index contributed by atoms with van der Waals surface area (Å²) in [6.45, 7) is 6.02. The van der Waals surface area contributed by atoms with Crippen molar-refractivity contribution < 1.29 is 4.79 Å². The van der Waals surface area contributed by atoms with E-state index in [0.29, 0.717) is 18.0 Å². The number of para-hydroxylation sites is 2. The molecule has 0 atom stereocenters. The number of amides is 1. The zero-order chi connectivity index (χ0) is 18.1. The number of rotatable bonds is 4. The monoisotopic (exact) mass is 360 g/mol. The van der Waals surface area contributed by atoms with E-state index in [1.165, 1.54) is 0 Å². The van der Waals surface area contributed by atoms with E-state index >= 15 is 0 Å². The van der Waals surface area contributed by atoms with Crippen molar-refractivity contribution in [3.05, 3.63) is 71.8 Å². The largest absolute Gasteiger partial charge is 0.302 e. The number of anilines is 1. The molecule has 6 heteroatoms. The second kappa shape index (κ2) is 6.65. The van der Waals surface area contributed by atoms with Crippen molar-refractivity contribution in [3.8, 4) is 0 Å². The molecule has 0 spiro atoms. The summed E-state index contributed by atoms with van der Waals surface area (Å²) in [5.41, 5.74) is 3.60. The Morgan fingerprint density at radius 3 is 2.81 bits per heavy atom. The minimum atomic E-state index is -0.160. The van der Waals surface area contributed by atoms with Crippen LogP contribution in [0.15, 0.2) is 71.4 Å². The molecule has 26 heavy (non-hydrogen) atoms. The fraction of sp³-hybridized carbons (Fsp3) is 0.100. The Kier molecular flexibility index (Phi) is 4.18. The number of carbonyl (C=O) groups is 1. The molecule has 2 heterocycles. The van der Waals surface area contributed by atoms with Gasteiger partial charge in [0.15, 0.2) is 5.71 Å². The van der Waals surface area contributed by atoms with Crippen LogP contribution in [0.1, 0.15) is 17.5 Å². The third-order valence-corrected chi connectivity index (χ3v) is 5.26. The molecule has 1 aliphatic rings. The van der Waals surface area contributed by atoms with Gasteiger partial charge in [0.25, 0.3) is 5.91 Å². The molecule has 0 N–H and O–H groups in total. The van der Waals surface area contributed by atoms with Crippen LogP contribution in [0.3, 0.4) is 0 Å². The Hall–Kier alpha value is -3.12. The Morgan fingerprint density at radius 2 is 2.00 bits per heavy atom. The lowest BCUT2D eigenvalue weighted by atomic mass is 10.1. The van der Waals surface area contributed by atoms with Gasteiger partial charge in [-0.15, -0.1) is 23.0 Å². The molecule has 0 fully saturated rings. The van der Waals surface area contributed by atoms with E-state index in [-0.39, 0.29) is 5.91 Å². The number of benzene rings is 2. The highest BCUT2D eigenvalue weighted by Gasteiger charge is 2.33. The predicted molar refractivity (Wildman–Crippen MR) is 107 cm³/mol. The van der Waals surface area contributed by atoms with Crippen LogP contribution in [0, 0.1) is 0 Å². The standard InChI is InChI=1S/C20H16N4OS/c1-3-12-24-16-10-6-4-8-14(16)18(20(24)25)23-22-13(2)19-21-15-9-5-7-11-17(15)26-19/h3-11H,1,12H2,2H3/b22-13-,23-18-. The van der Waals surface area contributed by atoms with Gasteiger partial charge < -0.3 is 4.90 Å². The van der Waals surface area contributed by atoms with Crippen LogP contribution < -0.4 is 4.90 Å². The fourth-order valence-electron chi connectivity index (χ4n) is 2.86. The average Bonchev–Trinajstić information content (AvgIpc) is 3.20. The van der Waals surface area contributed by atoms with E-state index < -0.39 is 0 Å². The van der Waals surface area contributed by atoms with Crippen LogP contribution in [0.2, 0.25) is 0 Å². The molecule has 2 aromatic carbocycles. The van der Waals surface area contributed by atoms with Crippen LogP contribution in [0.5, 0.6) is 0 Å². The maximum atomic E-state index is 12.7. The Bertz CT molecular complexity index is 1050. The van der Waals surface area contributed by atoms with Crippen LogP contribution in [-0.4, -0.2) is 28.9 Å². The molecule has 5 nitrogen and oxygen atoms in total. The van der Waals surface area contributed by atoms with Gasteiger partial charge in [0.1, 0.15) is 5.01 Å². The van der Waals surface area contributed by atoms with E-state index in [9.17, 15) is 4.79 Å². The van der Waals surface area contributed by atoms with E-state index in [1.807, 2.05) is 55.5 Å². The molecule has 0 aliphatic carbocycles. The van der Waals surface area contributed by atoms with Crippen LogP contribution in [0.4, 0.5) is 5.69 Å². The molecule has 0 bridgehead atoms. The molecule has 4 rings (SSSR count).